The predicted molar refractivity (Wildman–Crippen MR) is 70.4 cm³/mol. The monoisotopic (exact) mass is 302 g/mol. The standard InChI is InChI=1S/C15H17F3O3/c1-14(2,3)9-5-4-8-6-10(13(19)20)12(15(16,17)18)21-11(8)7-9/h4-5,7,10,12H,6H2,1-3H3,(H,19,20). The summed E-state index contributed by atoms with van der Waals surface area (Å²) in [6.45, 7) is 5.83. The Morgan fingerprint density at radius 1 is 1.29 bits per heavy atom. The van der Waals surface area contributed by atoms with Gasteiger partial charge in [0, 0.05) is 0 Å². The lowest BCUT2D eigenvalue weighted by Crippen LogP contribution is -2.47. The number of hydrogen-bond acceptors (Lipinski definition) is 2. The Morgan fingerprint density at radius 3 is 2.38 bits per heavy atom. The van der Waals surface area contributed by atoms with Crippen molar-refractivity contribution in [2.75, 3.05) is 0 Å². The van der Waals surface area contributed by atoms with Crippen molar-refractivity contribution in [1.29, 1.82) is 0 Å². The molecule has 116 valence electrons. The third kappa shape index (κ3) is 3.14. The molecule has 6 heteroatoms. The minimum atomic E-state index is -4.71. The minimum Gasteiger partial charge on any atom is -0.481 e. The summed E-state index contributed by atoms with van der Waals surface area (Å²) >= 11 is 0. The average molecular weight is 302 g/mol. The van der Waals surface area contributed by atoms with E-state index in [1.165, 1.54) is 0 Å². The van der Waals surface area contributed by atoms with Gasteiger partial charge in [-0.1, -0.05) is 32.9 Å². The van der Waals surface area contributed by atoms with Crippen molar-refractivity contribution < 1.29 is 27.8 Å². The summed E-state index contributed by atoms with van der Waals surface area (Å²) in [5.74, 6) is -2.98. The van der Waals surface area contributed by atoms with Crippen molar-refractivity contribution in [3.8, 4) is 5.75 Å². The molecule has 0 bridgehead atoms. The second kappa shape index (κ2) is 4.93. The van der Waals surface area contributed by atoms with Crippen LogP contribution in [0, 0.1) is 5.92 Å². The Labute approximate surface area is 120 Å². The Morgan fingerprint density at radius 2 is 1.90 bits per heavy atom. The van der Waals surface area contributed by atoms with Crippen LogP contribution in [0.5, 0.6) is 5.75 Å². The van der Waals surface area contributed by atoms with Gasteiger partial charge in [0.05, 0.1) is 0 Å². The molecule has 3 nitrogen and oxygen atoms in total. The summed E-state index contributed by atoms with van der Waals surface area (Å²) < 4.78 is 44.0. The fraction of sp³-hybridized carbons (Fsp3) is 0.533. The molecule has 0 amide bonds. The molecule has 0 saturated heterocycles. The van der Waals surface area contributed by atoms with E-state index in [4.69, 9.17) is 9.84 Å². The van der Waals surface area contributed by atoms with Crippen LogP contribution in [0.1, 0.15) is 31.9 Å². The van der Waals surface area contributed by atoms with Crippen LogP contribution in [0.2, 0.25) is 0 Å². The molecule has 0 fully saturated rings. The molecular formula is C15H17F3O3. The molecule has 2 unspecified atom stereocenters. The lowest BCUT2D eigenvalue weighted by Gasteiger charge is -2.33. The first-order chi connectivity index (χ1) is 9.50. The number of alkyl halides is 3. The van der Waals surface area contributed by atoms with Crippen molar-refractivity contribution in [3.63, 3.8) is 0 Å². The zero-order chi connectivity index (χ0) is 16.0. The molecule has 2 atom stereocenters. The molecule has 0 aromatic heterocycles. The molecule has 2 rings (SSSR count). The van der Waals surface area contributed by atoms with Crippen molar-refractivity contribution in [3.05, 3.63) is 29.3 Å². The fourth-order valence-corrected chi connectivity index (χ4v) is 2.37. The number of carboxylic acids is 1. The lowest BCUT2D eigenvalue weighted by atomic mass is 9.84. The number of carboxylic acid groups (broad SMARTS) is 1. The second-order valence-electron chi connectivity index (χ2n) is 6.30. The van der Waals surface area contributed by atoms with Crippen LogP contribution < -0.4 is 4.74 Å². The Bertz CT molecular complexity index is 558. The number of halogens is 3. The van der Waals surface area contributed by atoms with Crippen LogP contribution in [-0.4, -0.2) is 23.4 Å². The van der Waals surface area contributed by atoms with Gasteiger partial charge in [-0.05, 0) is 29.0 Å². The molecule has 1 aliphatic rings. The van der Waals surface area contributed by atoms with Gasteiger partial charge in [0.2, 0.25) is 6.10 Å². The van der Waals surface area contributed by atoms with E-state index in [0.29, 0.717) is 5.56 Å². The third-order valence-electron chi connectivity index (χ3n) is 3.63. The number of benzene rings is 1. The third-order valence-corrected chi connectivity index (χ3v) is 3.63. The van der Waals surface area contributed by atoms with Gasteiger partial charge < -0.3 is 9.84 Å². The molecular weight excluding hydrogens is 285 g/mol. The van der Waals surface area contributed by atoms with Crippen LogP contribution in [0.4, 0.5) is 13.2 Å². The van der Waals surface area contributed by atoms with Crippen LogP contribution >= 0.6 is 0 Å². The fourth-order valence-electron chi connectivity index (χ4n) is 2.37. The highest BCUT2D eigenvalue weighted by molar-refractivity contribution is 5.72. The number of carbonyl (C=O) groups is 1. The molecule has 1 aromatic rings. The summed E-state index contributed by atoms with van der Waals surface area (Å²) in [5.41, 5.74) is 1.11. The summed E-state index contributed by atoms with van der Waals surface area (Å²) in [4.78, 5) is 11.1. The first kappa shape index (κ1) is 15.7. The van der Waals surface area contributed by atoms with Crippen LogP contribution in [0.15, 0.2) is 18.2 Å². The zero-order valence-corrected chi connectivity index (χ0v) is 12.0. The van der Waals surface area contributed by atoms with Crippen molar-refractivity contribution in [1.82, 2.24) is 0 Å². The van der Waals surface area contributed by atoms with Crippen molar-refractivity contribution >= 4 is 5.97 Å². The van der Waals surface area contributed by atoms with Gasteiger partial charge in [0.15, 0.2) is 0 Å². The SMILES string of the molecule is CC(C)(C)c1ccc2c(c1)OC(C(F)(F)F)C(C(=O)O)C2. The largest absolute Gasteiger partial charge is 0.481 e. The van der Waals surface area contributed by atoms with Crippen LogP contribution in [0.3, 0.4) is 0 Å². The number of ether oxygens (including phenoxy) is 1. The highest BCUT2D eigenvalue weighted by Gasteiger charge is 2.52. The first-order valence-electron chi connectivity index (χ1n) is 6.60. The molecule has 1 heterocycles. The number of hydrogen-bond donors (Lipinski definition) is 1. The molecule has 0 saturated carbocycles. The molecule has 1 aromatic carbocycles. The van der Waals surface area contributed by atoms with E-state index >= 15 is 0 Å². The van der Waals surface area contributed by atoms with E-state index in [9.17, 15) is 18.0 Å². The van der Waals surface area contributed by atoms with E-state index in [1.807, 2.05) is 20.8 Å². The molecule has 0 aliphatic carbocycles. The maximum absolute atomic E-state index is 13.0. The summed E-state index contributed by atoms with van der Waals surface area (Å²) in [5, 5.41) is 9.00. The van der Waals surface area contributed by atoms with Crippen molar-refractivity contribution in [2.24, 2.45) is 5.92 Å². The van der Waals surface area contributed by atoms with E-state index < -0.39 is 24.2 Å². The molecule has 1 N–H and O–H groups in total. The second-order valence-corrected chi connectivity index (χ2v) is 6.30. The highest BCUT2D eigenvalue weighted by Crippen LogP contribution is 2.40. The summed E-state index contributed by atoms with van der Waals surface area (Å²) in [6.07, 6.45) is -7.20. The van der Waals surface area contributed by atoms with Gasteiger partial charge in [-0.2, -0.15) is 13.2 Å². The maximum atomic E-state index is 13.0. The topological polar surface area (TPSA) is 46.5 Å². The van der Waals surface area contributed by atoms with Gasteiger partial charge in [0.25, 0.3) is 0 Å². The predicted octanol–water partition coefficient (Wildman–Crippen LogP) is 3.55. The average Bonchev–Trinajstić information content (AvgIpc) is 2.34. The van der Waals surface area contributed by atoms with E-state index in [-0.39, 0.29) is 17.6 Å². The normalized spacial score (nSPS) is 22.4. The first-order valence-corrected chi connectivity index (χ1v) is 6.60. The van der Waals surface area contributed by atoms with Gasteiger partial charge in [-0.15, -0.1) is 0 Å². The minimum absolute atomic E-state index is 0.127. The van der Waals surface area contributed by atoms with E-state index in [2.05, 4.69) is 0 Å². The summed E-state index contributed by atoms with van der Waals surface area (Å²) in [6, 6.07) is 5.03. The summed E-state index contributed by atoms with van der Waals surface area (Å²) in [7, 11) is 0. The molecule has 0 radical (unpaired) electrons. The molecule has 1 aliphatic heterocycles. The molecule has 21 heavy (non-hydrogen) atoms. The Kier molecular flexibility index (Phi) is 3.68. The van der Waals surface area contributed by atoms with E-state index in [0.717, 1.165) is 5.56 Å². The number of rotatable bonds is 1. The van der Waals surface area contributed by atoms with Gasteiger partial charge in [0.1, 0.15) is 11.7 Å². The van der Waals surface area contributed by atoms with Crippen LogP contribution in [-0.2, 0) is 16.6 Å². The Hall–Kier alpha value is -1.72. The van der Waals surface area contributed by atoms with Crippen molar-refractivity contribution in [2.45, 2.75) is 44.9 Å². The van der Waals surface area contributed by atoms with Gasteiger partial charge in [-0.25, -0.2) is 0 Å². The van der Waals surface area contributed by atoms with Gasteiger partial charge >= 0.3 is 12.1 Å². The van der Waals surface area contributed by atoms with Gasteiger partial charge in [-0.3, -0.25) is 4.79 Å². The van der Waals surface area contributed by atoms with Crippen LogP contribution in [0.25, 0.3) is 0 Å². The Balaban J connectivity index is 2.43. The number of aliphatic carboxylic acids is 1. The highest BCUT2D eigenvalue weighted by atomic mass is 19.4. The smallest absolute Gasteiger partial charge is 0.426 e. The zero-order valence-electron chi connectivity index (χ0n) is 12.0. The van der Waals surface area contributed by atoms with E-state index in [1.54, 1.807) is 18.2 Å². The maximum Gasteiger partial charge on any atom is 0.426 e. The number of fused-ring (bicyclic) bond motifs is 1. The lowest BCUT2D eigenvalue weighted by molar-refractivity contribution is -0.217. The molecule has 0 spiro atoms. The quantitative estimate of drug-likeness (QED) is 0.863.